The first kappa shape index (κ1) is 13.1. The van der Waals surface area contributed by atoms with Gasteiger partial charge >= 0.3 is 0 Å². The van der Waals surface area contributed by atoms with Gasteiger partial charge in [0.05, 0.1) is 0 Å². The summed E-state index contributed by atoms with van der Waals surface area (Å²) in [6.07, 6.45) is 6.69. The lowest BCUT2D eigenvalue weighted by Gasteiger charge is -2.19. The summed E-state index contributed by atoms with van der Waals surface area (Å²) in [7, 11) is 1.87. The molecule has 96 valence electrons. The molecular weight excluding hydrogens is 218 g/mol. The Kier molecular flexibility index (Phi) is 4.00. The summed E-state index contributed by atoms with van der Waals surface area (Å²) < 4.78 is 0. The lowest BCUT2D eigenvalue weighted by atomic mass is 9.85. The van der Waals surface area contributed by atoms with Crippen molar-refractivity contribution < 1.29 is 0 Å². The zero-order valence-electron chi connectivity index (χ0n) is 11.9. The van der Waals surface area contributed by atoms with Crippen LogP contribution in [0.4, 0.5) is 0 Å². The van der Waals surface area contributed by atoms with Crippen molar-refractivity contribution in [2.45, 2.75) is 39.5 Å². The maximum Gasteiger partial charge on any atom is 0.0277 e. The zero-order valence-corrected chi connectivity index (χ0v) is 11.9. The molecular formula is C17H23N. The van der Waals surface area contributed by atoms with Crippen molar-refractivity contribution in [1.29, 1.82) is 0 Å². The molecule has 1 aliphatic carbocycles. The van der Waals surface area contributed by atoms with Crippen molar-refractivity contribution >= 4 is 17.9 Å². The Hall–Kier alpha value is -1.37. The molecule has 0 bridgehead atoms. The molecule has 1 heteroatoms. The fourth-order valence-corrected chi connectivity index (χ4v) is 3.40. The van der Waals surface area contributed by atoms with Gasteiger partial charge in [-0.3, -0.25) is 4.99 Å². The van der Waals surface area contributed by atoms with Crippen molar-refractivity contribution in [3.63, 3.8) is 0 Å². The highest BCUT2D eigenvalue weighted by Crippen LogP contribution is 2.37. The summed E-state index contributed by atoms with van der Waals surface area (Å²) in [6, 6.07) is 6.71. The van der Waals surface area contributed by atoms with Gasteiger partial charge < -0.3 is 0 Å². The van der Waals surface area contributed by atoms with Crippen LogP contribution in [0, 0.1) is 5.92 Å². The van der Waals surface area contributed by atoms with E-state index >= 15 is 0 Å². The molecule has 1 aliphatic rings. The number of hydrogen-bond acceptors (Lipinski definition) is 1. The molecule has 2 unspecified atom stereocenters. The fraction of sp³-hybridized carbons (Fsp3) is 0.471. The van der Waals surface area contributed by atoms with E-state index in [1.165, 1.54) is 34.4 Å². The van der Waals surface area contributed by atoms with Gasteiger partial charge in [-0.05, 0) is 53.2 Å². The molecule has 0 spiro atoms. The minimum absolute atomic E-state index is 0.634. The van der Waals surface area contributed by atoms with E-state index in [1.54, 1.807) is 0 Å². The summed E-state index contributed by atoms with van der Waals surface area (Å²) in [5, 5.41) is 2.81. The van der Waals surface area contributed by atoms with Crippen LogP contribution in [-0.4, -0.2) is 13.3 Å². The number of nitrogens with zero attached hydrogens (tertiary/aromatic N) is 1. The average Bonchev–Trinajstić information content (AvgIpc) is 2.72. The third-order valence-corrected chi connectivity index (χ3v) is 4.16. The van der Waals surface area contributed by atoms with Gasteiger partial charge in [0.15, 0.2) is 0 Å². The summed E-state index contributed by atoms with van der Waals surface area (Å²) >= 11 is 0. The van der Waals surface area contributed by atoms with Gasteiger partial charge in [0.25, 0.3) is 0 Å². The first-order valence-electron chi connectivity index (χ1n) is 7.00. The van der Waals surface area contributed by atoms with Crippen LogP contribution >= 0.6 is 0 Å². The van der Waals surface area contributed by atoms with E-state index in [-0.39, 0.29) is 0 Å². The van der Waals surface area contributed by atoms with Gasteiger partial charge in [-0.1, -0.05) is 38.1 Å². The van der Waals surface area contributed by atoms with Crippen molar-refractivity contribution in [2.75, 3.05) is 7.05 Å². The Balaban J connectivity index is 2.82. The van der Waals surface area contributed by atoms with Gasteiger partial charge in [-0.25, -0.2) is 0 Å². The molecule has 0 aliphatic heterocycles. The van der Waals surface area contributed by atoms with E-state index in [0.29, 0.717) is 11.8 Å². The normalized spacial score (nSPS) is 24.0. The Morgan fingerprint density at radius 1 is 1.17 bits per heavy atom. The van der Waals surface area contributed by atoms with Crippen LogP contribution in [0.25, 0.3) is 11.6 Å². The van der Waals surface area contributed by atoms with Gasteiger partial charge in [0.2, 0.25) is 0 Å². The molecule has 0 fully saturated rings. The highest BCUT2D eigenvalue weighted by atomic mass is 14.6. The zero-order chi connectivity index (χ0) is 13.1. The smallest absolute Gasteiger partial charge is 0.0277 e. The molecule has 0 heterocycles. The van der Waals surface area contributed by atoms with E-state index in [9.17, 15) is 0 Å². The third kappa shape index (κ3) is 1.92. The van der Waals surface area contributed by atoms with E-state index in [1.807, 2.05) is 7.05 Å². The maximum atomic E-state index is 4.28. The van der Waals surface area contributed by atoms with Crippen molar-refractivity contribution in [2.24, 2.45) is 10.9 Å². The Morgan fingerprint density at radius 2 is 1.89 bits per heavy atom. The second-order valence-electron chi connectivity index (χ2n) is 4.97. The molecule has 1 aromatic rings. The third-order valence-electron chi connectivity index (χ3n) is 4.16. The number of hydrogen-bond donors (Lipinski definition) is 0. The molecule has 0 amide bonds. The van der Waals surface area contributed by atoms with E-state index in [4.69, 9.17) is 0 Å². The van der Waals surface area contributed by atoms with Crippen molar-refractivity contribution in [3.05, 3.63) is 34.2 Å². The topological polar surface area (TPSA) is 12.4 Å². The molecule has 18 heavy (non-hydrogen) atoms. The van der Waals surface area contributed by atoms with Crippen LogP contribution in [0.15, 0.2) is 23.2 Å². The molecule has 0 saturated heterocycles. The lowest BCUT2D eigenvalue weighted by molar-refractivity contribution is 0.512. The van der Waals surface area contributed by atoms with Crippen LogP contribution < -0.4 is 10.4 Å². The minimum Gasteiger partial charge on any atom is -0.296 e. The second kappa shape index (κ2) is 5.51. The van der Waals surface area contributed by atoms with Gasteiger partial charge in [-0.15, -0.1) is 0 Å². The monoisotopic (exact) mass is 241 g/mol. The average molecular weight is 241 g/mol. The summed E-state index contributed by atoms with van der Waals surface area (Å²) in [5.41, 5.74) is 2.96. The number of rotatable bonds is 3. The Labute approximate surface area is 110 Å². The molecule has 0 saturated carbocycles. The van der Waals surface area contributed by atoms with Gasteiger partial charge in [0, 0.05) is 13.3 Å². The van der Waals surface area contributed by atoms with Crippen LogP contribution in [0.5, 0.6) is 0 Å². The maximum absolute atomic E-state index is 4.28. The van der Waals surface area contributed by atoms with Crippen LogP contribution in [0.1, 0.15) is 45.1 Å². The molecule has 0 aromatic heterocycles. The Bertz CT molecular complexity index is 566. The fourth-order valence-electron chi connectivity index (χ4n) is 3.40. The largest absolute Gasteiger partial charge is 0.296 e. The molecule has 0 radical (unpaired) electrons. The van der Waals surface area contributed by atoms with Crippen molar-refractivity contribution in [3.8, 4) is 0 Å². The number of benzene rings is 1. The Morgan fingerprint density at radius 3 is 2.44 bits per heavy atom. The first-order chi connectivity index (χ1) is 8.78. The van der Waals surface area contributed by atoms with E-state index < -0.39 is 0 Å². The molecule has 2 rings (SSSR count). The van der Waals surface area contributed by atoms with Crippen LogP contribution in [-0.2, 0) is 0 Å². The van der Waals surface area contributed by atoms with E-state index in [2.05, 4.69) is 56.3 Å². The predicted octanol–water partition coefficient (Wildman–Crippen LogP) is 2.87. The van der Waals surface area contributed by atoms with E-state index in [0.717, 1.165) is 0 Å². The van der Waals surface area contributed by atoms with Gasteiger partial charge in [0.1, 0.15) is 0 Å². The lowest BCUT2D eigenvalue weighted by Crippen LogP contribution is -2.28. The van der Waals surface area contributed by atoms with Crippen LogP contribution in [0.3, 0.4) is 0 Å². The predicted molar refractivity (Wildman–Crippen MR) is 80.5 cm³/mol. The van der Waals surface area contributed by atoms with Gasteiger partial charge in [-0.2, -0.15) is 0 Å². The summed E-state index contributed by atoms with van der Waals surface area (Å²) in [6.45, 7) is 6.71. The second-order valence-corrected chi connectivity index (χ2v) is 4.97. The summed E-state index contributed by atoms with van der Waals surface area (Å²) in [4.78, 5) is 4.28. The highest BCUT2D eigenvalue weighted by molar-refractivity contribution is 6.04. The van der Waals surface area contributed by atoms with Crippen molar-refractivity contribution in [1.82, 2.24) is 0 Å². The molecule has 2 atom stereocenters. The molecule has 1 aromatic carbocycles. The quantitative estimate of drug-likeness (QED) is 0.722. The SMILES string of the molecule is C/C=c1/cccc2c1=C(C=NC)C(CC)C2CC. The minimum atomic E-state index is 0.634. The molecule has 1 nitrogen and oxygen atoms in total. The summed E-state index contributed by atoms with van der Waals surface area (Å²) in [5.74, 6) is 1.30. The standard InChI is InChI=1S/C17H23N/c1-5-12-9-8-10-15-13(6-2)14(7-3)16(11-18-4)17(12)15/h5,8-11,13-14H,6-7H2,1-4H3/b12-5-,18-11?. The number of fused-ring (bicyclic) bond motifs is 1. The molecule has 0 N–H and O–H groups in total. The van der Waals surface area contributed by atoms with Crippen LogP contribution in [0.2, 0.25) is 0 Å². The number of aliphatic imine (C=N–C) groups is 1. The first-order valence-corrected chi connectivity index (χ1v) is 7.00. The highest BCUT2D eigenvalue weighted by Gasteiger charge is 2.30.